The average Bonchev–Trinajstić information content (AvgIpc) is 2.70. The molecule has 1 aliphatic carbocycles. The van der Waals surface area contributed by atoms with Crippen molar-refractivity contribution in [3.05, 3.63) is 0 Å². The van der Waals surface area contributed by atoms with Gasteiger partial charge in [0.25, 0.3) is 0 Å². The van der Waals surface area contributed by atoms with Crippen LogP contribution in [0.5, 0.6) is 0 Å². The molecule has 19 heavy (non-hydrogen) atoms. The van der Waals surface area contributed by atoms with E-state index in [1.54, 1.807) is 14.2 Å². The zero-order valence-corrected chi connectivity index (χ0v) is 12.8. The van der Waals surface area contributed by atoms with Crippen molar-refractivity contribution >= 4 is 0 Å². The van der Waals surface area contributed by atoms with Crippen molar-refractivity contribution < 1.29 is 9.47 Å². The van der Waals surface area contributed by atoms with Crippen molar-refractivity contribution in [1.29, 1.82) is 0 Å². The summed E-state index contributed by atoms with van der Waals surface area (Å²) in [5.74, 6) is 0. The number of hydrogen-bond acceptors (Lipinski definition) is 4. The first-order valence-electron chi connectivity index (χ1n) is 7.80. The Bertz CT molecular complexity index is 187. The van der Waals surface area contributed by atoms with Gasteiger partial charge >= 0.3 is 0 Å². The van der Waals surface area contributed by atoms with Gasteiger partial charge in [0.2, 0.25) is 0 Å². The van der Waals surface area contributed by atoms with E-state index < -0.39 is 0 Å². The van der Waals surface area contributed by atoms with Crippen LogP contribution in [0, 0.1) is 0 Å². The number of nitrogens with one attached hydrogen (secondary N) is 1. The van der Waals surface area contributed by atoms with Crippen molar-refractivity contribution in [2.75, 3.05) is 53.6 Å². The predicted molar refractivity (Wildman–Crippen MR) is 79.7 cm³/mol. The molecular formula is C15H32N2O2. The fourth-order valence-electron chi connectivity index (χ4n) is 2.69. The van der Waals surface area contributed by atoms with Gasteiger partial charge in [-0.05, 0) is 12.8 Å². The molecule has 0 atom stereocenters. The molecule has 1 aliphatic rings. The van der Waals surface area contributed by atoms with Crippen LogP contribution < -0.4 is 5.32 Å². The second kappa shape index (κ2) is 11.6. The standard InChI is InChI=1S/C15H32N2O2/c1-18-13-11-17(12-14-19-2)10-9-16-15-7-5-3-4-6-8-15/h15-16H,3-14H2,1-2H3. The molecule has 0 aromatic carbocycles. The number of hydrogen-bond donors (Lipinski definition) is 1. The van der Waals surface area contributed by atoms with Gasteiger partial charge in [-0.1, -0.05) is 25.7 Å². The zero-order valence-electron chi connectivity index (χ0n) is 12.8. The Balaban J connectivity index is 2.14. The summed E-state index contributed by atoms with van der Waals surface area (Å²) in [4.78, 5) is 2.41. The molecule has 0 aromatic rings. The Hall–Kier alpha value is -0.160. The average molecular weight is 272 g/mol. The smallest absolute Gasteiger partial charge is 0.0589 e. The third-order valence-electron chi connectivity index (χ3n) is 3.94. The summed E-state index contributed by atoms with van der Waals surface area (Å²) in [6.45, 7) is 5.75. The number of ether oxygens (including phenoxy) is 2. The molecule has 114 valence electrons. The van der Waals surface area contributed by atoms with Gasteiger partial charge < -0.3 is 14.8 Å². The van der Waals surface area contributed by atoms with Crippen LogP contribution in [0.1, 0.15) is 38.5 Å². The van der Waals surface area contributed by atoms with E-state index in [2.05, 4.69) is 10.2 Å². The van der Waals surface area contributed by atoms with Crippen molar-refractivity contribution in [1.82, 2.24) is 10.2 Å². The zero-order chi connectivity index (χ0) is 13.8. The van der Waals surface area contributed by atoms with Crippen LogP contribution >= 0.6 is 0 Å². The molecular weight excluding hydrogens is 240 g/mol. The fraction of sp³-hybridized carbons (Fsp3) is 1.00. The summed E-state index contributed by atoms with van der Waals surface area (Å²) in [6, 6.07) is 0.745. The van der Waals surface area contributed by atoms with Crippen LogP contribution in [0.25, 0.3) is 0 Å². The molecule has 0 saturated heterocycles. The first-order valence-corrected chi connectivity index (χ1v) is 7.80. The Morgan fingerprint density at radius 1 is 0.895 bits per heavy atom. The Labute approximate surface area is 118 Å². The first kappa shape index (κ1) is 16.9. The van der Waals surface area contributed by atoms with E-state index in [4.69, 9.17) is 9.47 Å². The highest BCUT2D eigenvalue weighted by Crippen LogP contribution is 2.16. The first-order chi connectivity index (χ1) is 9.36. The monoisotopic (exact) mass is 272 g/mol. The normalized spacial score (nSPS) is 17.8. The molecule has 0 radical (unpaired) electrons. The second-order valence-electron chi connectivity index (χ2n) is 5.47. The van der Waals surface area contributed by atoms with Gasteiger partial charge in [0.1, 0.15) is 0 Å². The Morgan fingerprint density at radius 2 is 1.47 bits per heavy atom. The molecule has 4 nitrogen and oxygen atoms in total. The highest BCUT2D eigenvalue weighted by atomic mass is 16.5. The van der Waals surface area contributed by atoms with Gasteiger partial charge in [-0.2, -0.15) is 0 Å². The maximum absolute atomic E-state index is 5.16. The SMILES string of the molecule is COCCN(CCNC1CCCCCC1)CCOC. The lowest BCUT2D eigenvalue weighted by atomic mass is 10.1. The summed E-state index contributed by atoms with van der Waals surface area (Å²) >= 11 is 0. The van der Waals surface area contributed by atoms with E-state index in [0.717, 1.165) is 45.4 Å². The van der Waals surface area contributed by atoms with Crippen molar-refractivity contribution in [2.45, 2.75) is 44.6 Å². The summed E-state index contributed by atoms with van der Waals surface area (Å²) < 4.78 is 10.3. The van der Waals surface area contributed by atoms with Crippen LogP contribution in [-0.2, 0) is 9.47 Å². The lowest BCUT2D eigenvalue weighted by Gasteiger charge is -2.23. The van der Waals surface area contributed by atoms with E-state index in [1.807, 2.05) is 0 Å². The van der Waals surface area contributed by atoms with Crippen LogP contribution in [-0.4, -0.2) is 64.6 Å². The van der Waals surface area contributed by atoms with E-state index in [9.17, 15) is 0 Å². The van der Waals surface area contributed by atoms with Crippen LogP contribution in [0.4, 0.5) is 0 Å². The third-order valence-corrected chi connectivity index (χ3v) is 3.94. The minimum Gasteiger partial charge on any atom is -0.383 e. The van der Waals surface area contributed by atoms with Crippen LogP contribution in [0.2, 0.25) is 0 Å². The molecule has 0 aliphatic heterocycles. The van der Waals surface area contributed by atoms with E-state index >= 15 is 0 Å². The van der Waals surface area contributed by atoms with Gasteiger partial charge in [-0.25, -0.2) is 0 Å². The minimum atomic E-state index is 0.745. The molecule has 0 spiro atoms. The third kappa shape index (κ3) is 8.58. The van der Waals surface area contributed by atoms with E-state index in [1.165, 1.54) is 38.5 Å². The molecule has 1 fully saturated rings. The van der Waals surface area contributed by atoms with Crippen molar-refractivity contribution in [2.24, 2.45) is 0 Å². The Morgan fingerprint density at radius 3 is 2.00 bits per heavy atom. The minimum absolute atomic E-state index is 0.745. The molecule has 4 heteroatoms. The van der Waals surface area contributed by atoms with E-state index in [0.29, 0.717) is 0 Å². The molecule has 0 aromatic heterocycles. The lowest BCUT2D eigenvalue weighted by molar-refractivity contribution is 0.114. The lowest BCUT2D eigenvalue weighted by Crippen LogP contribution is -2.39. The topological polar surface area (TPSA) is 33.7 Å². The number of rotatable bonds is 10. The number of methoxy groups -OCH3 is 2. The highest BCUT2D eigenvalue weighted by Gasteiger charge is 2.12. The summed E-state index contributed by atoms with van der Waals surface area (Å²) in [6.07, 6.45) is 8.35. The molecule has 0 unspecified atom stereocenters. The summed E-state index contributed by atoms with van der Waals surface area (Å²) in [5, 5.41) is 3.72. The maximum Gasteiger partial charge on any atom is 0.0589 e. The predicted octanol–water partition coefficient (Wildman–Crippen LogP) is 1.89. The van der Waals surface area contributed by atoms with E-state index in [-0.39, 0.29) is 0 Å². The molecule has 1 saturated carbocycles. The molecule has 0 heterocycles. The fourth-order valence-corrected chi connectivity index (χ4v) is 2.69. The van der Waals surface area contributed by atoms with Gasteiger partial charge in [-0.15, -0.1) is 0 Å². The van der Waals surface area contributed by atoms with Crippen LogP contribution in [0.3, 0.4) is 0 Å². The van der Waals surface area contributed by atoms with Crippen molar-refractivity contribution in [3.63, 3.8) is 0 Å². The number of nitrogens with zero attached hydrogens (tertiary/aromatic N) is 1. The largest absolute Gasteiger partial charge is 0.383 e. The highest BCUT2D eigenvalue weighted by molar-refractivity contribution is 4.71. The summed E-state index contributed by atoms with van der Waals surface area (Å²) in [5.41, 5.74) is 0. The molecule has 0 amide bonds. The van der Waals surface area contributed by atoms with Crippen LogP contribution in [0.15, 0.2) is 0 Å². The second-order valence-corrected chi connectivity index (χ2v) is 5.47. The summed E-state index contributed by atoms with van der Waals surface area (Å²) in [7, 11) is 3.52. The van der Waals surface area contributed by atoms with Gasteiger partial charge in [0.15, 0.2) is 0 Å². The molecule has 0 bridgehead atoms. The molecule has 1 rings (SSSR count). The Kier molecular flexibility index (Phi) is 10.4. The van der Waals surface area contributed by atoms with Crippen molar-refractivity contribution in [3.8, 4) is 0 Å². The molecule has 1 N–H and O–H groups in total. The van der Waals surface area contributed by atoms with Gasteiger partial charge in [0, 0.05) is 46.4 Å². The van der Waals surface area contributed by atoms with Gasteiger partial charge in [-0.3, -0.25) is 4.90 Å². The quantitative estimate of drug-likeness (QED) is 0.616. The van der Waals surface area contributed by atoms with Gasteiger partial charge in [0.05, 0.1) is 13.2 Å². The maximum atomic E-state index is 5.16.